The van der Waals surface area contributed by atoms with Gasteiger partial charge in [0.1, 0.15) is 5.82 Å². The molecule has 188 valence electrons. The number of nitro benzene ring substituents is 1. The summed E-state index contributed by atoms with van der Waals surface area (Å²) in [7, 11) is 3.04. The third-order valence-corrected chi connectivity index (χ3v) is 4.84. The van der Waals surface area contributed by atoms with Crippen LogP contribution in [0.3, 0.4) is 0 Å². The Morgan fingerprint density at radius 1 is 1.11 bits per heavy atom. The molecule has 1 heterocycles. The molecule has 13 nitrogen and oxygen atoms in total. The SMILES string of the molecule is C#CCN(CCCc1ccc([N+](=O)[O-])cc1)CCNc1cc(=O)n(C)c(=O)n1C.O=C(O)C(=O)O. The zero-order chi connectivity index (χ0) is 26.5. The van der Waals surface area contributed by atoms with E-state index in [1.807, 2.05) is 0 Å². The number of anilines is 1. The van der Waals surface area contributed by atoms with Gasteiger partial charge in [0, 0.05) is 45.4 Å². The lowest BCUT2D eigenvalue weighted by molar-refractivity contribution is -0.384. The molecule has 0 aliphatic rings. The van der Waals surface area contributed by atoms with E-state index in [0.29, 0.717) is 25.5 Å². The van der Waals surface area contributed by atoms with E-state index < -0.39 is 16.9 Å². The molecule has 0 saturated carbocycles. The highest BCUT2D eigenvalue weighted by atomic mass is 16.6. The zero-order valence-corrected chi connectivity index (χ0v) is 19.3. The Hall–Kier alpha value is -4.44. The number of hydrogen-bond donors (Lipinski definition) is 3. The summed E-state index contributed by atoms with van der Waals surface area (Å²) in [4.78, 5) is 54.3. The number of terminal acetylenes is 1. The van der Waals surface area contributed by atoms with Crippen LogP contribution in [0.2, 0.25) is 0 Å². The number of non-ortho nitro benzene ring substituents is 1. The Morgan fingerprint density at radius 2 is 1.71 bits per heavy atom. The van der Waals surface area contributed by atoms with E-state index in [0.717, 1.165) is 29.5 Å². The number of nitro groups is 1. The van der Waals surface area contributed by atoms with Crippen molar-refractivity contribution in [1.82, 2.24) is 14.0 Å². The lowest BCUT2D eigenvalue weighted by Crippen LogP contribution is -2.38. The molecule has 0 aliphatic heterocycles. The van der Waals surface area contributed by atoms with Crippen LogP contribution >= 0.6 is 0 Å². The fourth-order valence-electron chi connectivity index (χ4n) is 2.93. The Balaban J connectivity index is 0.000000905. The lowest BCUT2D eigenvalue weighted by atomic mass is 10.1. The molecule has 35 heavy (non-hydrogen) atoms. The van der Waals surface area contributed by atoms with E-state index in [2.05, 4.69) is 16.1 Å². The van der Waals surface area contributed by atoms with Gasteiger partial charge in [-0.1, -0.05) is 18.1 Å². The summed E-state index contributed by atoms with van der Waals surface area (Å²) < 4.78 is 2.44. The van der Waals surface area contributed by atoms with Crippen LogP contribution < -0.4 is 16.6 Å². The predicted octanol–water partition coefficient (Wildman–Crippen LogP) is 0.128. The number of aliphatic carboxylic acids is 2. The molecular formula is C22H27N5O8. The highest BCUT2D eigenvalue weighted by molar-refractivity contribution is 6.27. The van der Waals surface area contributed by atoms with Gasteiger partial charge in [0.2, 0.25) is 0 Å². The summed E-state index contributed by atoms with van der Waals surface area (Å²) >= 11 is 0. The second-order valence-electron chi connectivity index (χ2n) is 7.31. The molecule has 2 aromatic rings. The van der Waals surface area contributed by atoms with Crippen molar-refractivity contribution < 1.29 is 24.7 Å². The second-order valence-corrected chi connectivity index (χ2v) is 7.31. The molecular weight excluding hydrogens is 462 g/mol. The van der Waals surface area contributed by atoms with Crippen molar-refractivity contribution in [2.45, 2.75) is 12.8 Å². The number of aryl methyl sites for hydroxylation is 1. The largest absolute Gasteiger partial charge is 0.473 e. The van der Waals surface area contributed by atoms with Gasteiger partial charge in [-0.05, 0) is 24.9 Å². The van der Waals surface area contributed by atoms with E-state index >= 15 is 0 Å². The van der Waals surface area contributed by atoms with Gasteiger partial charge in [-0.25, -0.2) is 14.4 Å². The Bertz CT molecular complexity index is 1180. The number of hydrogen-bond acceptors (Lipinski definition) is 8. The first-order valence-electron chi connectivity index (χ1n) is 10.3. The molecule has 3 N–H and O–H groups in total. The van der Waals surface area contributed by atoms with E-state index in [1.54, 1.807) is 19.2 Å². The van der Waals surface area contributed by atoms with Crippen molar-refractivity contribution in [3.63, 3.8) is 0 Å². The number of aromatic nitrogens is 2. The number of carboxylic acids is 2. The van der Waals surface area contributed by atoms with Crippen molar-refractivity contribution in [3.05, 3.63) is 66.8 Å². The van der Waals surface area contributed by atoms with Crippen molar-refractivity contribution in [3.8, 4) is 12.3 Å². The van der Waals surface area contributed by atoms with Gasteiger partial charge in [-0.2, -0.15) is 0 Å². The maximum absolute atomic E-state index is 12.0. The fourth-order valence-corrected chi connectivity index (χ4v) is 2.93. The van der Waals surface area contributed by atoms with Crippen LogP contribution in [0.4, 0.5) is 11.5 Å². The third-order valence-electron chi connectivity index (χ3n) is 4.84. The standard InChI is InChI=1S/C20H25N5O4.C2H2O4/c1-4-12-24(13-5-6-16-7-9-17(10-8-16)25(28)29)14-11-21-18-15-19(26)23(3)20(27)22(18)2;3-1(4)2(5)6/h1,7-10,15,21H,5-6,11-14H2,2-3H3;(H,3,4)(H,5,6). The predicted molar refractivity (Wildman–Crippen MR) is 127 cm³/mol. The smallest absolute Gasteiger partial charge is 0.414 e. The van der Waals surface area contributed by atoms with E-state index in [1.165, 1.54) is 29.8 Å². The molecule has 0 spiro atoms. The monoisotopic (exact) mass is 489 g/mol. The average molecular weight is 489 g/mol. The topological polar surface area (TPSA) is 177 Å². The second kappa shape index (κ2) is 14.0. The quantitative estimate of drug-likeness (QED) is 0.180. The molecule has 2 rings (SSSR count). The number of nitrogens with one attached hydrogen (secondary N) is 1. The van der Waals surface area contributed by atoms with Crippen LogP contribution in [0.15, 0.2) is 39.9 Å². The molecule has 0 aliphatic carbocycles. The number of carbonyl (C=O) groups is 2. The van der Waals surface area contributed by atoms with Crippen molar-refractivity contribution in [1.29, 1.82) is 0 Å². The summed E-state index contributed by atoms with van der Waals surface area (Å²) in [6, 6.07) is 7.94. The van der Waals surface area contributed by atoms with Crippen LogP contribution in [0, 0.1) is 22.5 Å². The fraction of sp³-hybridized carbons (Fsp3) is 0.364. The number of carboxylic acid groups (broad SMARTS) is 2. The molecule has 0 unspecified atom stereocenters. The number of rotatable bonds is 10. The lowest BCUT2D eigenvalue weighted by Gasteiger charge is -2.20. The Morgan fingerprint density at radius 3 is 2.23 bits per heavy atom. The summed E-state index contributed by atoms with van der Waals surface area (Å²) in [5, 5.41) is 28.6. The first kappa shape index (κ1) is 28.6. The van der Waals surface area contributed by atoms with Crippen LogP contribution in [-0.2, 0) is 30.1 Å². The van der Waals surface area contributed by atoms with Crippen molar-refractivity contribution >= 4 is 23.4 Å². The molecule has 0 fully saturated rings. The van der Waals surface area contributed by atoms with Gasteiger partial charge >= 0.3 is 17.6 Å². The Labute approximate surface area is 200 Å². The Kier molecular flexibility index (Phi) is 11.4. The van der Waals surface area contributed by atoms with Crippen molar-refractivity contribution in [2.24, 2.45) is 14.1 Å². The summed E-state index contributed by atoms with van der Waals surface area (Å²) in [5.41, 5.74) is 0.367. The first-order chi connectivity index (χ1) is 16.5. The number of benzene rings is 1. The highest BCUT2D eigenvalue weighted by Gasteiger charge is 2.08. The summed E-state index contributed by atoms with van der Waals surface area (Å²) in [6.45, 7) is 2.42. The van der Waals surface area contributed by atoms with E-state index in [9.17, 15) is 19.7 Å². The normalized spacial score (nSPS) is 10.1. The minimum absolute atomic E-state index is 0.0823. The van der Waals surface area contributed by atoms with Gasteiger partial charge in [0.25, 0.3) is 11.2 Å². The zero-order valence-electron chi connectivity index (χ0n) is 19.3. The molecule has 0 saturated heterocycles. The van der Waals surface area contributed by atoms with Crippen LogP contribution in [0.25, 0.3) is 0 Å². The summed E-state index contributed by atoms with van der Waals surface area (Å²) in [5.74, 6) is -0.549. The maximum atomic E-state index is 12.0. The van der Waals surface area contributed by atoms with Crippen molar-refractivity contribution in [2.75, 3.05) is 31.5 Å². The van der Waals surface area contributed by atoms with E-state index in [-0.39, 0.29) is 16.9 Å². The molecule has 0 radical (unpaired) electrons. The van der Waals surface area contributed by atoms with Gasteiger partial charge in [-0.3, -0.25) is 28.9 Å². The highest BCUT2D eigenvalue weighted by Crippen LogP contribution is 2.13. The summed E-state index contributed by atoms with van der Waals surface area (Å²) in [6.07, 6.45) is 7.09. The number of nitrogens with zero attached hydrogens (tertiary/aromatic N) is 4. The first-order valence-corrected chi connectivity index (χ1v) is 10.3. The minimum Gasteiger partial charge on any atom is -0.473 e. The molecule has 0 amide bonds. The minimum atomic E-state index is -1.82. The van der Waals surface area contributed by atoms with Gasteiger partial charge < -0.3 is 15.5 Å². The van der Waals surface area contributed by atoms with Crippen LogP contribution in [0.5, 0.6) is 0 Å². The molecule has 1 aromatic carbocycles. The van der Waals surface area contributed by atoms with Gasteiger partial charge in [0.15, 0.2) is 0 Å². The third kappa shape index (κ3) is 9.52. The van der Waals surface area contributed by atoms with Gasteiger partial charge in [-0.15, -0.1) is 6.42 Å². The van der Waals surface area contributed by atoms with Crippen LogP contribution in [-0.4, -0.2) is 67.3 Å². The van der Waals surface area contributed by atoms with E-state index in [4.69, 9.17) is 26.2 Å². The maximum Gasteiger partial charge on any atom is 0.414 e. The average Bonchev–Trinajstić information content (AvgIpc) is 2.81. The van der Waals surface area contributed by atoms with Gasteiger partial charge in [0.05, 0.1) is 11.5 Å². The molecule has 1 aromatic heterocycles. The molecule has 0 atom stereocenters. The van der Waals surface area contributed by atoms with Crippen LogP contribution in [0.1, 0.15) is 12.0 Å². The molecule has 0 bridgehead atoms. The molecule has 13 heteroatoms.